The molecule has 5 rings (SSSR count). The number of amides is 2. The number of pyridine rings is 1. The largest absolute Gasteiger partial charge is 0.495 e. The number of aryl methyl sites for hydroxylation is 1. The Bertz CT molecular complexity index is 1500. The maximum absolute atomic E-state index is 13.3. The van der Waals surface area contributed by atoms with Crippen molar-refractivity contribution in [1.82, 2.24) is 14.5 Å². The van der Waals surface area contributed by atoms with E-state index < -0.39 is 0 Å². The van der Waals surface area contributed by atoms with E-state index in [9.17, 15) is 14.9 Å². The second kappa shape index (κ2) is 10.8. The molecule has 1 saturated carbocycles. The standard InChI is InChI=1S/C31H37N5O4/c1-31(2)15-21(12-13-36(31)30(38)19-8-6-7-9-19)23-18-35(3)28-26(23)27(40-5)24(17-33-28)34-29(37)20-10-11-25(39-4)22(14-20)16-32/h10-11,14,17-19,21H,6-9,12-13,15H2,1-5H3,(H,34,37). The molecule has 2 amide bonds. The fourth-order valence-electron chi connectivity index (χ4n) is 6.56. The summed E-state index contributed by atoms with van der Waals surface area (Å²) >= 11 is 0. The van der Waals surface area contributed by atoms with E-state index in [1.165, 1.54) is 13.2 Å². The number of aromatic nitrogens is 2. The Morgan fingerprint density at radius 3 is 2.55 bits per heavy atom. The number of hydrogen-bond acceptors (Lipinski definition) is 6. The number of rotatable bonds is 6. The Hall–Kier alpha value is -4.06. The minimum Gasteiger partial charge on any atom is -0.495 e. The summed E-state index contributed by atoms with van der Waals surface area (Å²) in [7, 11) is 5.04. The summed E-state index contributed by atoms with van der Waals surface area (Å²) in [4.78, 5) is 33.3. The summed E-state index contributed by atoms with van der Waals surface area (Å²) in [6.07, 6.45) is 9.68. The molecule has 1 saturated heterocycles. The van der Waals surface area contributed by atoms with Crippen molar-refractivity contribution >= 4 is 28.5 Å². The normalized spacial score (nSPS) is 18.9. The topological polar surface area (TPSA) is 109 Å². The second-order valence-corrected chi connectivity index (χ2v) is 11.6. The molecule has 2 fully saturated rings. The zero-order valence-corrected chi connectivity index (χ0v) is 23.9. The van der Waals surface area contributed by atoms with Crippen LogP contribution in [0.5, 0.6) is 11.5 Å². The van der Waals surface area contributed by atoms with Crippen LogP contribution < -0.4 is 14.8 Å². The molecular weight excluding hydrogens is 506 g/mol. The van der Waals surface area contributed by atoms with Gasteiger partial charge in [-0.05, 0) is 69.2 Å². The van der Waals surface area contributed by atoms with E-state index in [0.29, 0.717) is 35.2 Å². The molecule has 9 heteroatoms. The van der Waals surface area contributed by atoms with Gasteiger partial charge in [-0.3, -0.25) is 9.59 Å². The van der Waals surface area contributed by atoms with E-state index in [-0.39, 0.29) is 28.8 Å². The van der Waals surface area contributed by atoms with Crippen LogP contribution in [0, 0.1) is 17.2 Å². The van der Waals surface area contributed by atoms with Crippen molar-refractivity contribution in [2.45, 2.75) is 63.8 Å². The molecule has 0 radical (unpaired) electrons. The quantitative estimate of drug-likeness (QED) is 0.447. The molecular formula is C31H37N5O4. The molecule has 9 nitrogen and oxygen atoms in total. The van der Waals surface area contributed by atoms with Crippen LogP contribution in [0.3, 0.4) is 0 Å². The predicted molar refractivity (Wildman–Crippen MR) is 153 cm³/mol. The van der Waals surface area contributed by atoms with E-state index in [1.807, 2.05) is 11.6 Å². The van der Waals surface area contributed by atoms with Crippen molar-refractivity contribution in [3.05, 3.63) is 47.3 Å². The number of ether oxygens (including phenoxy) is 2. The van der Waals surface area contributed by atoms with Gasteiger partial charge >= 0.3 is 0 Å². The van der Waals surface area contributed by atoms with Crippen molar-refractivity contribution in [3.63, 3.8) is 0 Å². The lowest BCUT2D eigenvalue weighted by atomic mass is 9.78. The number of nitrogens with one attached hydrogen (secondary N) is 1. The Morgan fingerprint density at radius 1 is 1.15 bits per heavy atom. The van der Waals surface area contributed by atoms with Crippen molar-refractivity contribution < 1.29 is 19.1 Å². The zero-order valence-electron chi connectivity index (χ0n) is 23.9. The number of hydrogen-bond donors (Lipinski definition) is 1. The number of likely N-dealkylation sites (tertiary alicyclic amines) is 1. The van der Waals surface area contributed by atoms with E-state index in [1.54, 1.807) is 25.4 Å². The number of benzene rings is 1. The summed E-state index contributed by atoms with van der Waals surface area (Å²) < 4.78 is 13.1. The van der Waals surface area contributed by atoms with Gasteiger partial charge in [-0.1, -0.05) is 12.8 Å². The van der Waals surface area contributed by atoms with E-state index >= 15 is 0 Å². The highest BCUT2D eigenvalue weighted by Gasteiger charge is 2.41. The highest BCUT2D eigenvalue weighted by atomic mass is 16.5. The van der Waals surface area contributed by atoms with Gasteiger partial charge in [0.05, 0.1) is 31.4 Å². The molecule has 1 aliphatic heterocycles. The van der Waals surface area contributed by atoms with Gasteiger partial charge < -0.3 is 24.3 Å². The monoisotopic (exact) mass is 543 g/mol. The first-order chi connectivity index (χ1) is 19.2. The summed E-state index contributed by atoms with van der Waals surface area (Å²) in [6.45, 7) is 5.06. The lowest BCUT2D eigenvalue weighted by Crippen LogP contribution is -2.53. The third kappa shape index (κ3) is 4.87. The van der Waals surface area contributed by atoms with Gasteiger partial charge in [-0.2, -0.15) is 5.26 Å². The molecule has 1 unspecified atom stereocenters. The van der Waals surface area contributed by atoms with Crippen LogP contribution in [0.15, 0.2) is 30.6 Å². The molecule has 3 aromatic rings. The van der Waals surface area contributed by atoms with Crippen molar-refractivity contribution in [1.29, 1.82) is 5.26 Å². The fourth-order valence-corrected chi connectivity index (χ4v) is 6.56. The molecule has 2 aliphatic rings. The Labute approximate surface area is 235 Å². The highest BCUT2D eigenvalue weighted by Crippen LogP contribution is 2.45. The number of methoxy groups -OCH3 is 2. The number of nitrogens with zero attached hydrogens (tertiary/aromatic N) is 4. The van der Waals surface area contributed by atoms with Crippen LogP contribution in [0.25, 0.3) is 11.0 Å². The van der Waals surface area contributed by atoms with Gasteiger partial charge in [-0.15, -0.1) is 0 Å². The SMILES string of the molecule is COc1ccc(C(=O)Nc2cnc3c(c(C4CCN(C(=O)C5CCCC5)C(C)(C)C4)cn3C)c2OC)cc1C#N. The van der Waals surface area contributed by atoms with Crippen molar-refractivity contribution in [2.24, 2.45) is 13.0 Å². The molecule has 0 spiro atoms. The van der Waals surface area contributed by atoms with Crippen LogP contribution >= 0.6 is 0 Å². The summed E-state index contributed by atoms with van der Waals surface area (Å²) in [5.41, 5.74) is 2.66. The Morgan fingerprint density at radius 2 is 1.90 bits per heavy atom. The molecule has 0 bridgehead atoms. The van der Waals surface area contributed by atoms with Gasteiger partial charge in [0.15, 0.2) is 5.75 Å². The summed E-state index contributed by atoms with van der Waals surface area (Å²) in [5.74, 6) is 1.25. The molecule has 1 aliphatic carbocycles. The number of carbonyl (C=O) groups excluding carboxylic acids is 2. The maximum Gasteiger partial charge on any atom is 0.255 e. The van der Waals surface area contributed by atoms with Crippen molar-refractivity contribution in [3.8, 4) is 17.6 Å². The predicted octanol–water partition coefficient (Wildman–Crippen LogP) is 5.39. The first-order valence-corrected chi connectivity index (χ1v) is 13.9. The summed E-state index contributed by atoms with van der Waals surface area (Å²) in [6, 6.07) is 6.78. The molecule has 40 heavy (non-hydrogen) atoms. The average molecular weight is 544 g/mol. The molecule has 210 valence electrons. The lowest BCUT2D eigenvalue weighted by molar-refractivity contribution is -0.143. The third-order valence-electron chi connectivity index (χ3n) is 8.59. The minimum atomic E-state index is -0.379. The summed E-state index contributed by atoms with van der Waals surface area (Å²) in [5, 5.41) is 13.2. The van der Waals surface area contributed by atoms with Gasteiger partial charge in [0.2, 0.25) is 5.91 Å². The van der Waals surface area contributed by atoms with Crippen LogP contribution in [0.4, 0.5) is 5.69 Å². The first-order valence-electron chi connectivity index (χ1n) is 13.9. The number of nitriles is 1. The Balaban J connectivity index is 1.45. The molecule has 1 aromatic carbocycles. The van der Waals surface area contributed by atoms with Crippen molar-refractivity contribution in [2.75, 3.05) is 26.1 Å². The average Bonchev–Trinajstić information content (AvgIpc) is 3.60. The number of piperidine rings is 1. The molecule has 3 heterocycles. The van der Waals surface area contributed by atoms with E-state index in [2.05, 4.69) is 41.3 Å². The van der Waals surface area contributed by atoms with Crippen LogP contribution in [0.2, 0.25) is 0 Å². The van der Waals surface area contributed by atoms with Gasteiger partial charge in [0.1, 0.15) is 23.2 Å². The van der Waals surface area contributed by atoms with Crippen LogP contribution in [0.1, 0.15) is 79.8 Å². The fraction of sp³-hybridized carbons (Fsp3) is 0.484. The number of fused-ring (bicyclic) bond motifs is 1. The Kier molecular flexibility index (Phi) is 7.45. The number of carbonyl (C=O) groups is 2. The van der Waals surface area contributed by atoms with Gasteiger partial charge in [0.25, 0.3) is 5.91 Å². The third-order valence-corrected chi connectivity index (χ3v) is 8.59. The van der Waals surface area contributed by atoms with E-state index in [4.69, 9.17) is 9.47 Å². The van der Waals surface area contributed by atoms with Gasteiger partial charge in [-0.25, -0.2) is 4.98 Å². The van der Waals surface area contributed by atoms with Crippen LogP contribution in [-0.4, -0.2) is 52.6 Å². The second-order valence-electron chi connectivity index (χ2n) is 11.6. The molecule has 2 aromatic heterocycles. The molecule has 1 atom stereocenters. The van der Waals surface area contributed by atoms with E-state index in [0.717, 1.165) is 55.1 Å². The molecule has 1 N–H and O–H groups in total. The van der Waals surface area contributed by atoms with Crippen LogP contribution in [-0.2, 0) is 11.8 Å². The number of anilines is 1. The highest BCUT2D eigenvalue weighted by molar-refractivity contribution is 6.07. The van der Waals surface area contributed by atoms with Gasteiger partial charge in [0, 0.05) is 36.8 Å². The minimum absolute atomic E-state index is 0.166. The maximum atomic E-state index is 13.3. The lowest BCUT2D eigenvalue weighted by Gasteiger charge is -2.46. The zero-order chi connectivity index (χ0) is 28.6. The smallest absolute Gasteiger partial charge is 0.255 e. The first kappa shape index (κ1) is 27.5.